The van der Waals surface area contributed by atoms with Gasteiger partial charge in [0.1, 0.15) is 11.6 Å². The van der Waals surface area contributed by atoms with Crippen LogP contribution in [0.15, 0.2) is 59.0 Å². The summed E-state index contributed by atoms with van der Waals surface area (Å²) in [6, 6.07) is 14.2. The van der Waals surface area contributed by atoms with E-state index in [0.29, 0.717) is 35.0 Å². The summed E-state index contributed by atoms with van der Waals surface area (Å²) in [5, 5.41) is 5.66. The van der Waals surface area contributed by atoms with Gasteiger partial charge in [0.05, 0.1) is 0 Å². The predicted octanol–water partition coefficient (Wildman–Crippen LogP) is 5.03. The Morgan fingerprint density at radius 2 is 1.72 bits per heavy atom. The Labute approximate surface area is 168 Å². The van der Waals surface area contributed by atoms with Crippen LogP contribution in [-0.4, -0.2) is 18.4 Å². The molecule has 3 aromatic rings. The Balaban J connectivity index is 1.69. The lowest BCUT2D eigenvalue weighted by molar-refractivity contribution is 0.0948. The minimum Gasteiger partial charge on any atom is -0.451 e. The Hall–Kier alpha value is -3.41. The summed E-state index contributed by atoms with van der Waals surface area (Å²) in [6.07, 6.45) is 0. The fraction of sp³-hybridized carbons (Fsp3) is 0.217. The fourth-order valence-corrected chi connectivity index (χ4v) is 2.76. The van der Waals surface area contributed by atoms with Crippen molar-refractivity contribution in [2.24, 2.45) is 5.92 Å². The van der Waals surface area contributed by atoms with Crippen LogP contribution in [0.25, 0.3) is 11.3 Å². The van der Waals surface area contributed by atoms with Crippen LogP contribution in [-0.2, 0) is 0 Å². The Morgan fingerprint density at radius 1 is 1.00 bits per heavy atom. The number of amides is 2. The molecular formula is C23H23FN2O3. The van der Waals surface area contributed by atoms with E-state index in [9.17, 15) is 14.0 Å². The molecule has 0 aliphatic rings. The van der Waals surface area contributed by atoms with Crippen LogP contribution >= 0.6 is 0 Å². The molecule has 1 aromatic heterocycles. The lowest BCUT2D eigenvalue weighted by Gasteiger charge is -2.11. The van der Waals surface area contributed by atoms with Gasteiger partial charge < -0.3 is 15.1 Å². The van der Waals surface area contributed by atoms with Crippen molar-refractivity contribution in [3.63, 3.8) is 0 Å². The molecule has 2 N–H and O–H groups in total. The van der Waals surface area contributed by atoms with E-state index < -0.39 is 5.91 Å². The lowest BCUT2D eigenvalue weighted by Crippen LogP contribution is -2.27. The van der Waals surface area contributed by atoms with Crippen LogP contribution in [0.3, 0.4) is 0 Å². The number of carbonyl (C=O) groups excluding carboxylic acids is 2. The summed E-state index contributed by atoms with van der Waals surface area (Å²) in [7, 11) is 0. The smallest absolute Gasteiger partial charge is 0.291 e. The Morgan fingerprint density at radius 3 is 2.38 bits per heavy atom. The van der Waals surface area contributed by atoms with E-state index >= 15 is 0 Å². The quantitative estimate of drug-likeness (QED) is 0.616. The zero-order chi connectivity index (χ0) is 21.0. The summed E-state index contributed by atoms with van der Waals surface area (Å²) in [5.41, 5.74) is 2.58. The van der Waals surface area contributed by atoms with Crippen molar-refractivity contribution in [1.82, 2.24) is 5.32 Å². The molecule has 0 radical (unpaired) electrons. The van der Waals surface area contributed by atoms with Gasteiger partial charge in [-0.2, -0.15) is 0 Å². The molecule has 6 heteroatoms. The number of furan rings is 1. The van der Waals surface area contributed by atoms with E-state index in [1.807, 2.05) is 20.8 Å². The highest BCUT2D eigenvalue weighted by Gasteiger charge is 2.15. The fourth-order valence-electron chi connectivity index (χ4n) is 2.76. The van der Waals surface area contributed by atoms with Crippen molar-refractivity contribution in [2.75, 3.05) is 11.9 Å². The third-order valence-corrected chi connectivity index (χ3v) is 4.37. The Bertz CT molecular complexity index is 1020. The average Bonchev–Trinajstić information content (AvgIpc) is 3.18. The monoisotopic (exact) mass is 394 g/mol. The van der Waals surface area contributed by atoms with Gasteiger partial charge in [-0.1, -0.05) is 13.8 Å². The summed E-state index contributed by atoms with van der Waals surface area (Å²) in [4.78, 5) is 24.7. The molecule has 0 bridgehead atoms. The van der Waals surface area contributed by atoms with Crippen LogP contribution < -0.4 is 10.6 Å². The molecule has 1 heterocycles. The van der Waals surface area contributed by atoms with E-state index in [4.69, 9.17) is 4.42 Å². The second-order valence-electron chi connectivity index (χ2n) is 7.26. The number of hydrogen-bond acceptors (Lipinski definition) is 3. The summed E-state index contributed by atoms with van der Waals surface area (Å²) in [5.74, 6) is 0.0985. The van der Waals surface area contributed by atoms with Crippen molar-refractivity contribution < 1.29 is 18.4 Å². The van der Waals surface area contributed by atoms with E-state index in [2.05, 4.69) is 10.6 Å². The first kappa shape index (κ1) is 20.3. The standard InChI is InChI=1S/C23H23FN2O3/c1-14(2)13-25-22(27)17-6-9-19(15(3)12-17)26-23(28)21-11-10-20(29-21)16-4-7-18(24)8-5-16/h4-12,14H,13H2,1-3H3,(H,25,27)(H,26,28). The van der Waals surface area contributed by atoms with Gasteiger partial charge in [0, 0.05) is 23.4 Å². The highest BCUT2D eigenvalue weighted by molar-refractivity contribution is 6.03. The van der Waals surface area contributed by atoms with Crippen LogP contribution in [0, 0.1) is 18.7 Å². The number of benzene rings is 2. The first-order chi connectivity index (χ1) is 13.8. The van der Waals surface area contributed by atoms with Crippen molar-refractivity contribution in [3.05, 3.63) is 77.3 Å². The molecule has 0 saturated carbocycles. The molecule has 29 heavy (non-hydrogen) atoms. The van der Waals surface area contributed by atoms with E-state index in [1.54, 1.807) is 42.5 Å². The molecule has 0 saturated heterocycles. The average molecular weight is 394 g/mol. The molecule has 0 fully saturated rings. The number of anilines is 1. The number of halogens is 1. The third kappa shape index (κ3) is 5.10. The van der Waals surface area contributed by atoms with E-state index in [1.165, 1.54) is 12.1 Å². The van der Waals surface area contributed by atoms with E-state index in [-0.39, 0.29) is 17.5 Å². The second-order valence-corrected chi connectivity index (χ2v) is 7.26. The van der Waals surface area contributed by atoms with Crippen LogP contribution in [0.1, 0.15) is 40.3 Å². The van der Waals surface area contributed by atoms with E-state index in [0.717, 1.165) is 5.56 Å². The van der Waals surface area contributed by atoms with Gasteiger partial charge in [-0.25, -0.2) is 4.39 Å². The maximum Gasteiger partial charge on any atom is 0.291 e. The Kier molecular flexibility index (Phi) is 6.12. The highest BCUT2D eigenvalue weighted by Crippen LogP contribution is 2.24. The van der Waals surface area contributed by atoms with Gasteiger partial charge in [0.15, 0.2) is 5.76 Å². The molecule has 2 amide bonds. The normalized spacial score (nSPS) is 10.8. The number of carbonyl (C=O) groups is 2. The van der Waals surface area contributed by atoms with Crippen LogP contribution in [0.2, 0.25) is 0 Å². The van der Waals surface area contributed by atoms with Gasteiger partial charge in [0.2, 0.25) is 0 Å². The molecule has 5 nitrogen and oxygen atoms in total. The maximum atomic E-state index is 13.1. The second kappa shape index (κ2) is 8.73. The number of nitrogens with one attached hydrogen (secondary N) is 2. The minimum absolute atomic E-state index is 0.141. The van der Waals surface area contributed by atoms with Gasteiger partial charge in [-0.3, -0.25) is 9.59 Å². The first-order valence-electron chi connectivity index (χ1n) is 9.39. The zero-order valence-electron chi connectivity index (χ0n) is 16.6. The predicted molar refractivity (Wildman–Crippen MR) is 110 cm³/mol. The molecule has 0 aliphatic heterocycles. The van der Waals surface area contributed by atoms with Crippen molar-refractivity contribution >= 4 is 17.5 Å². The summed E-state index contributed by atoms with van der Waals surface area (Å²) < 4.78 is 18.7. The number of aryl methyl sites for hydroxylation is 1. The van der Waals surface area contributed by atoms with Gasteiger partial charge in [-0.05, 0) is 73.0 Å². The SMILES string of the molecule is Cc1cc(C(=O)NCC(C)C)ccc1NC(=O)c1ccc(-c2ccc(F)cc2)o1. The molecule has 0 atom stereocenters. The lowest BCUT2D eigenvalue weighted by atomic mass is 10.1. The molecule has 2 aromatic carbocycles. The van der Waals surface area contributed by atoms with Crippen molar-refractivity contribution in [1.29, 1.82) is 0 Å². The van der Waals surface area contributed by atoms with Gasteiger partial charge in [0.25, 0.3) is 11.8 Å². The molecule has 3 rings (SSSR count). The molecule has 150 valence electrons. The van der Waals surface area contributed by atoms with Crippen LogP contribution in [0.5, 0.6) is 0 Å². The van der Waals surface area contributed by atoms with Gasteiger partial charge in [-0.15, -0.1) is 0 Å². The first-order valence-corrected chi connectivity index (χ1v) is 9.39. The summed E-state index contributed by atoms with van der Waals surface area (Å²) >= 11 is 0. The van der Waals surface area contributed by atoms with Crippen molar-refractivity contribution in [2.45, 2.75) is 20.8 Å². The van der Waals surface area contributed by atoms with Crippen LogP contribution in [0.4, 0.5) is 10.1 Å². The number of rotatable bonds is 6. The number of hydrogen-bond donors (Lipinski definition) is 2. The minimum atomic E-state index is -0.404. The summed E-state index contributed by atoms with van der Waals surface area (Å²) in [6.45, 7) is 6.48. The third-order valence-electron chi connectivity index (χ3n) is 4.37. The molecular weight excluding hydrogens is 371 g/mol. The zero-order valence-corrected chi connectivity index (χ0v) is 16.6. The maximum absolute atomic E-state index is 13.1. The highest BCUT2D eigenvalue weighted by atomic mass is 19.1. The molecule has 0 spiro atoms. The topological polar surface area (TPSA) is 71.3 Å². The van der Waals surface area contributed by atoms with Gasteiger partial charge >= 0.3 is 0 Å². The molecule has 0 aliphatic carbocycles. The molecule has 0 unspecified atom stereocenters. The largest absolute Gasteiger partial charge is 0.451 e. The van der Waals surface area contributed by atoms with Crippen molar-refractivity contribution in [3.8, 4) is 11.3 Å².